The first kappa shape index (κ1) is 16.3. The Morgan fingerprint density at radius 1 is 1.45 bits per heavy atom. The van der Waals surface area contributed by atoms with E-state index >= 15 is 0 Å². The van der Waals surface area contributed by atoms with Crippen LogP contribution in [0.1, 0.15) is 19.8 Å². The summed E-state index contributed by atoms with van der Waals surface area (Å²) in [6, 6.07) is 7.09. The quantitative estimate of drug-likeness (QED) is 0.869. The Balaban J connectivity index is 2.31. The smallest absolute Gasteiger partial charge is 0.308 e. The Kier molecular flexibility index (Phi) is 5.38. The molecule has 0 saturated carbocycles. The number of carbonyl (C=O) groups excluding carboxylic acids is 1. The molecule has 0 aromatic heterocycles. The number of para-hydroxylation sites is 2. The number of benzene rings is 1. The lowest BCUT2D eigenvalue weighted by Crippen LogP contribution is -2.43. The summed E-state index contributed by atoms with van der Waals surface area (Å²) in [5.74, 6) is -1.31. The molecule has 1 fully saturated rings. The third-order valence-electron chi connectivity index (χ3n) is 3.73. The Hall–Kier alpha value is -2.08. The highest BCUT2D eigenvalue weighted by Crippen LogP contribution is 2.30. The molecule has 1 amide bonds. The number of rotatable bonds is 6. The van der Waals surface area contributed by atoms with E-state index in [1.807, 2.05) is 0 Å². The second-order valence-electron chi connectivity index (χ2n) is 5.36. The molecule has 2 atom stereocenters. The van der Waals surface area contributed by atoms with Gasteiger partial charge in [0.25, 0.3) is 5.91 Å². The number of ether oxygens (including phenoxy) is 2. The molecule has 1 aliphatic rings. The van der Waals surface area contributed by atoms with E-state index in [4.69, 9.17) is 14.6 Å². The maximum Gasteiger partial charge on any atom is 0.308 e. The standard InChI is InChI=1S/C16H21NO5/c1-11(16(19)20)10-17(15(18)14-8-5-9-22-14)12-6-3-4-7-13(12)21-2/h3-4,6-7,11,14H,5,8-10H2,1-2H3,(H,19,20). The van der Waals surface area contributed by atoms with Crippen molar-refractivity contribution in [2.45, 2.75) is 25.9 Å². The average Bonchev–Trinajstić information content (AvgIpc) is 3.06. The van der Waals surface area contributed by atoms with Gasteiger partial charge < -0.3 is 19.5 Å². The monoisotopic (exact) mass is 307 g/mol. The van der Waals surface area contributed by atoms with Gasteiger partial charge in [-0.25, -0.2) is 0 Å². The minimum atomic E-state index is -0.944. The molecule has 6 nitrogen and oxygen atoms in total. The van der Waals surface area contributed by atoms with E-state index in [9.17, 15) is 9.59 Å². The van der Waals surface area contributed by atoms with Gasteiger partial charge in [-0.3, -0.25) is 9.59 Å². The molecule has 120 valence electrons. The van der Waals surface area contributed by atoms with E-state index < -0.39 is 18.0 Å². The van der Waals surface area contributed by atoms with Gasteiger partial charge in [0, 0.05) is 13.2 Å². The lowest BCUT2D eigenvalue weighted by molar-refractivity contribution is -0.140. The number of carboxylic acid groups (broad SMARTS) is 1. The van der Waals surface area contributed by atoms with Gasteiger partial charge in [0.05, 0.1) is 18.7 Å². The van der Waals surface area contributed by atoms with Gasteiger partial charge in [-0.05, 0) is 25.0 Å². The van der Waals surface area contributed by atoms with Crippen molar-refractivity contribution in [3.63, 3.8) is 0 Å². The van der Waals surface area contributed by atoms with Crippen molar-refractivity contribution in [1.82, 2.24) is 0 Å². The first-order valence-electron chi connectivity index (χ1n) is 7.33. The van der Waals surface area contributed by atoms with Crippen LogP contribution >= 0.6 is 0 Å². The number of carboxylic acids is 1. The zero-order chi connectivity index (χ0) is 16.1. The molecule has 1 aliphatic heterocycles. The van der Waals surface area contributed by atoms with Gasteiger partial charge in [0.2, 0.25) is 0 Å². The molecule has 1 saturated heterocycles. The van der Waals surface area contributed by atoms with Gasteiger partial charge >= 0.3 is 5.97 Å². The van der Waals surface area contributed by atoms with Crippen LogP contribution in [-0.4, -0.2) is 43.3 Å². The number of hydrogen-bond acceptors (Lipinski definition) is 4. The average molecular weight is 307 g/mol. The Bertz CT molecular complexity index is 539. The molecular weight excluding hydrogens is 286 g/mol. The highest BCUT2D eigenvalue weighted by molar-refractivity contribution is 5.98. The first-order valence-corrected chi connectivity index (χ1v) is 7.33. The van der Waals surface area contributed by atoms with E-state index in [1.165, 1.54) is 12.0 Å². The molecule has 0 radical (unpaired) electrons. The zero-order valence-electron chi connectivity index (χ0n) is 12.8. The normalized spacial score (nSPS) is 18.7. The van der Waals surface area contributed by atoms with E-state index in [0.29, 0.717) is 24.5 Å². The number of carbonyl (C=O) groups is 2. The fraction of sp³-hybridized carbons (Fsp3) is 0.500. The Morgan fingerprint density at radius 2 is 2.18 bits per heavy atom. The van der Waals surface area contributed by atoms with Crippen LogP contribution < -0.4 is 9.64 Å². The van der Waals surface area contributed by atoms with Crippen molar-refractivity contribution in [3.8, 4) is 5.75 Å². The maximum absolute atomic E-state index is 12.7. The third kappa shape index (κ3) is 3.57. The van der Waals surface area contributed by atoms with E-state index in [1.54, 1.807) is 31.2 Å². The third-order valence-corrected chi connectivity index (χ3v) is 3.73. The number of aliphatic carboxylic acids is 1. The minimum absolute atomic E-state index is 0.0778. The van der Waals surface area contributed by atoms with Gasteiger partial charge in [-0.2, -0.15) is 0 Å². The Morgan fingerprint density at radius 3 is 2.77 bits per heavy atom. The van der Waals surface area contributed by atoms with Crippen LogP contribution in [0.5, 0.6) is 5.75 Å². The molecular formula is C16H21NO5. The van der Waals surface area contributed by atoms with Crippen molar-refractivity contribution in [2.75, 3.05) is 25.2 Å². The molecule has 1 N–H and O–H groups in total. The molecule has 6 heteroatoms. The van der Waals surface area contributed by atoms with E-state index in [2.05, 4.69) is 0 Å². The van der Waals surface area contributed by atoms with Gasteiger partial charge in [0.1, 0.15) is 11.9 Å². The van der Waals surface area contributed by atoms with Crippen LogP contribution in [0.25, 0.3) is 0 Å². The molecule has 0 bridgehead atoms. The molecule has 1 heterocycles. The fourth-order valence-electron chi connectivity index (χ4n) is 2.46. The molecule has 1 aromatic carbocycles. The van der Waals surface area contributed by atoms with Gasteiger partial charge in [-0.1, -0.05) is 19.1 Å². The zero-order valence-corrected chi connectivity index (χ0v) is 12.8. The number of anilines is 1. The summed E-state index contributed by atoms with van der Waals surface area (Å²) in [6.45, 7) is 2.21. The number of nitrogens with zero attached hydrogens (tertiary/aromatic N) is 1. The van der Waals surface area contributed by atoms with Crippen molar-refractivity contribution in [1.29, 1.82) is 0 Å². The summed E-state index contributed by atoms with van der Waals surface area (Å²) < 4.78 is 10.8. The number of amides is 1. The number of hydrogen-bond donors (Lipinski definition) is 1. The van der Waals surface area contributed by atoms with Crippen LogP contribution in [0.3, 0.4) is 0 Å². The highest BCUT2D eigenvalue weighted by atomic mass is 16.5. The predicted molar refractivity (Wildman–Crippen MR) is 81.1 cm³/mol. The van der Waals surface area contributed by atoms with Crippen molar-refractivity contribution in [2.24, 2.45) is 5.92 Å². The summed E-state index contributed by atoms with van der Waals surface area (Å²) in [4.78, 5) is 25.4. The summed E-state index contributed by atoms with van der Waals surface area (Å²) in [7, 11) is 1.52. The molecule has 22 heavy (non-hydrogen) atoms. The number of methoxy groups -OCH3 is 1. The van der Waals surface area contributed by atoms with Crippen LogP contribution in [0.15, 0.2) is 24.3 Å². The van der Waals surface area contributed by atoms with Gasteiger partial charge in [-0.15, -0.1) is 0 Å². The molecule has 2 rings (SSSR count). The van der Waals surface area contributed by atoms with Crippen molar-refractivity contribution in [3.05, 3.63) is 24.3 Å². The summed E-state index contributed by atoms with van der Waals surface area (Å²) in [5, 5.41) is 9.15. The minimum Gasteiger partial charge on any atom is -0.495 e. The topological polar surface area (TPSA) is 76.1 Å². The summed E-state index contributed by atoms with van der Waals surface area (Å²) in [5.41, 5.74) is 0.568. The van der Waals surface area contributed by atoms with Crippen molar-refractivity contribution >= 4 is 17.6 Å². The lowest BCUT2D eigenvalue weighted by atomic mass is 10.1. The molecule has 1 aromatic rings. The SMILES string of the molecule is COc1ccccc1N(CC(C)C(=O)O)C(=O)C1CCCO1. The first-order chi connectivity index (χ1) is 10.5. The fourth-order valence-corrected chi connectivity index (χ4v) is 2.46. The van der Waals surface area contributed by atoms with Crippen molar-refractivity contribution < 1.29 is 24.2 Å². The second-order valence-corrected chi connectivity index (χ2v) is 5.36. The second kappa shape index (κ2) is 7.26. The van der Waals surface area contributed by atoms with Crippen LogP contribution in [-0.2, 0) is 14.3 Å². The van der Waals surface area contributed by atoms with Gasteiger partial charge in [0.15, 0.2) is 0 Å². The predicted octanol–water partition coefficient (Wildman–Crippen LogP) is 1.93. The Labute approximate surface area is 129 Å². The maximum atomic E-state index is 12.7. The largest absolute Gasteiger partial charge is 0.495 e. The lowest BCUT2D eigenvalue weighted by Gasteiger charge is -2.28. The summed E-state index contributed by atoms with van der Waals surface area (Å²) in [6.07, 6.45) is 0.988. The van der Waals surface area contributed by atoms with Crippen LogP contribution in [0, 0.1) is 5.92 Å². The summed E-state index contributed by atoms with van der Waals surface area (Å²) >= 11 is 0. The van der Waals surface area contributed by atoms with E-state index in [-0.39, 0.29) is 12.5 Å². The molecule has 0 aliphatic carbocycles. The van der Waals surface area contributed by atoms with Crippen LogP contribution in [0.2, 0.25) is 0 Å². The van der Waals surface area contributed by atoms with Crippen LogP contribution in [0.4, 0.5) is 5.69 Å². The van der Waals surface area contributed by atoms with E-state index in [0.717, 1.165) is 6.42 Å². The molecule has 2 unspecified atom stereocenters. The highest BCUT2D eigenvalue weighted by Gasteiger charge is 2.32. The molecule has 0 spiro atoms.